The zero-order chi connectivity index (χ0) is 21.9. The second-order valence-corrected chi connectivity index (χ2v) is 7.49. The molecule has 160 valence electrons. The van der Waals surface area contributed by atoms with Crippen molar-refractivity contribution in [3.8, 4) is 17.0 Å². The molecule has 32 heavy (non-hydrogen) atoms. The predicted molar refractivity (Wildman–Crippen MR) is 124 cm³/mol. The molecule has 5 rings (SSSR count). The number of benzene rings is 1. The van der Waals surface area contributed by atoms with Crippen LogP contribution in [0.15, 0.2) is 67.1 Å². The van der Waals surface area contributed by atoms with Gasteiger partial charge in [-0.2, -0.15) is 0 Å². The summed E-state index contributed by atoms with van der Waals surface area (Å²) >= 11 is 0. The van der Waals surface area contributed by atoms with E-state index in [2.05, 4.69) is 20.6 Å². The highest BCUT2D eigenvalue weighted by molar-refractivity contribution is 5.96. The van der Waals surface area contributed by atoms with Gasteiger partial charge in [-0.05, 0) is 36.4 Å². The third-order valence-electron chi connectivity index (χ3n) is 5.35. The van der Waals surface area contributed by atoms with Gasteiger partial charge in [-0.15, -0.1) is 0 Å². The maximum absolute atomic E-state index is 12.0. The molecule has 0 saturated carbocycles. The van der Waals surface area contributed by atoms with Crippen LogP contribution in [0.25, 0.3) is 22.0 Å². The van der Waals surface area contributed by atoms with E-state index in [1.54, 1.807) is 19.5 Å². The molecule has 1 aromatic carbocycles. The summed E-state index contributed by atoms with van der Waals surface area (Å²) in [6.07, 6.45) is 5.32. The van der Waals surface area contributed by atoms with Gasteiger partial charge in [-0.1, -0.05) is 6.07 Å². The molecule has 4 heterocycles. The van der Waals surface area contributed by atoms with Gasteiger partial charge in [0.05, 0.1) is 19.3 Å². The highest BCUT2D eigenvalue weighted by Crippen LogP contribution is 2.31. The SMILES string of the molecule is COc1cccc(Nc2cc(-c3cc4cnccc4c(N4CCNC(=O)C4)n3)ccn2)c1. The van der Waals surface area contributed by atoms with E-state index in [0.29, 0.717) is 18.9 Å². The highest BCUT2D eigenvalue weighted by Gasteiger charge is 2.20. The van der Waals surface area contributed by atoms with Gasteiger partial charge in [-0.25, -0.2) is 9.97 Å². The van der Waals surface area contributed by atoms with Crippen molar-refractivity contribution in [2.75, 3.05) is 37.0 Å². The van der Waals surface area contributed by atoms with Crippen molar-refractivity contribution in [2.24, 2.45) is 0 Å². The summed E-state index contributed by atoms with van der Waals surface area (Å²) < 4.78 is 5.30. The monoisotopic (exact) mass is 426 g/mol. The highest BCUT2D eigenvalue weighted by atomic mass is 16.5. The van der Waals surface area contributed by atoms with Crippen LogP contribution in [0.1, 0.15) is 0 Å². The second kappa shape index (κ2) is 8.50. The van der Waals surface area contributed by atoms with E-state index >= 15 is 0 Å². The summed E-state index contributed by atoms with van der Waals surface area (Å²) in [7, 11) is 1.64. The van der Waals surface area contributed by atoms with Gasteiger partial charge >= 0.3 is 0 Å². The normalized spacial score (nSPS) is 13.7. The zero-order valence-electron chi connectivity index (χ0n) is 17.6. The molecule has 1 amide bonds. The van der Waals surface area contributed by atoms with Crippen LogP contribution in [0, 0.1) is 0 Å². The molecule has 8 heteroatoms. The van der Waals surface area contributed by atoms with E-state index in [0.717, 1.165) is 39.3 Å². The molecule has 0 bridgehead atoms. The maximum atomic E-state index is 12.0. The molecule has 1 saturated heterocycles. The number of carbonyl (C=O) groups excluding carboxylic acids is 1. The first-order valence-electron chi connectivity index (χ1n) is 10.3. The lowest BCUT2D eigenvalue weighted by molar-refractivity contribution is -0.120. The van der Waals surface area contributed by atoms with Gasteiger partial charge in [0.15, 0.2) is 0 Å². The molecule has 1 aliphatic heterocycles. The van der Waals surface area contributed by atoms with Crippen LogP contribution in [0.5, 0.6) is 5.75 Å². The number of fused-ring (bicyclic) bond motifs is 1. The molecule has 0 unspecified atom stereocenters. The maximum Gasteiger partial charge on any atom is 0.239 e. The Morgan fingerprint density at radius 1 is 1.12 bits per heavy atom. The van der Waals surface area contributed by atoms with Gasteiger partial charge in [0.1, 0.15) is 17.4 Å². The molecule has 8 nitrogen and oxygen atoms in total. The summed E-state index contributed by atoms with van der Waals surface area (Å²) in [5, 5.41) is 8.13. The number of pyridine rings is 3. The molecule has 0 spiro atoms. The Bertz CT molecular complexity index is 1290. The number of ether oxygens (including phenoxy) is 1. The third-order valence-corrected chi connectivity index (χ3v) is 5.35. The Kier molecular flexibility index (Phi) is 5.25. The first kappa shape index (κ1) is 19.7. The molecule has 2 N–H and O–H groups in total. The van der Waals surface area contributed by atoms with Crippen LogP contribution in [0.2, 0.25) is 0 Å². The van der Waals surface area contributed by atoms with E-state index in [-0.39, 0.29) is 12.5 Å². The van der Waals surface area contributed by atoms with Crippen LogP contribution in [-0.4, -0.2) is 47.6 Å². The Morgan fingerprint density at radius 3 is 2.94 bits per heavy atom. The number of nitrogens with one attached hydrogen (secondary N) is 2. The lowest BCUT2D eigenvalue weighted by atomic mass is 10.1. The summed E-state index contributed by atoms with van der Waals surface area (Å²) in [5.41, 5.74) is 2.59. The number of amides is 1. The molecule has 0 radical (unpaired) electrons. The second-order valence-electron chi connectivity index (χ2n) is 7.49. The van der Waals surface area contributed by atoms with Crippen LogP contribution < -0.4 is 20.3 Å². The first-order chi connectivity index (χ1) is 15.7. The van der Waals surface area contributed by atoms with Gasteiger partial charge in [0, 0.05) is 59.8 Å². The van der Waals surface area contributed by atoms with E-state index in [1.807, 2.05) is 59.6 Å². The largest absolute Gasteiger partial charge is 0.497 e. The number of hydrogen-bond acceptors (Lipinski definition) is 7. The van der Waals surface area contributed by atoms with Crippen LogP contribution >= 0.6 is 0 Å². The summed E-state index contributed by atoms with van der Waals surface area (Å²) in [5.74, 6) is 2.25. The predicted octanol–water partition coefficient (Wildman–Crippen LogP) is 3.38. The minimum absolute atomic E-state index is 0.000606. The average Bonchev–Trinajstić information content (AvgIpc) is 2.83. The van der Waals surface area contributed by atoms with E-state index in [9.17, 15) is 4.79 Å². The zero-order valence-corrected chi connectivity index (χ0v) is 17.6. The number of methoxy groups -OCH3 is 1. The fraction of sp³-hybridized carbons (Fsp3) is 0.167. The molecule has 0 aliphatic carbocycles. The summed E-state index contributed by atoms with van der Waals surface area (Å²) in [6, 6.07) is 15.5. The van der Waals surface area contributed by atoms with Crippen molar-refractivity contribution in [3.05, 3.63) is 67.1 Å². The molecule has 0 atom stereocenters. The van der Waals surface area contributed by atoms with Gasteiger partial charge in [0.2, 0.25) is 5.91 Å². The topological polar surface area (TPSA) is 92.3 Å². The quantitative estimate of drug-likeness (QED) is 0.505. The number of nitrogens with zero attached hydrogens (tertiary/aromatic N) is 4. The molecule has 4 aromatic rings. The molecule has 1 aliphatic rings. The van der Waals surface area contributed by atoms with Crippen LogP contribution in [0.3, 0.4) is 0 Å². The van der Waals surface area contributed by atoms with Crippen molar-refractivity contribution >= 4 is 34.0 Å². The van der Waals surface area contributed by atoms with Crippen molar-refractivity contribution < 1.29 is 9.53 Å². The minimum Gasteiger partial charge on any atom is -0.497 e. The van der Waals surface area contributed by atoms with Crippen LogP contribution in [0.4, 0.5) is 17.3 Å². The lowest BCUT2D eigenvalue weighted by Gasteiger charge is -2.29. The Hall–Kier alpha value is -4.20. The number of hydrogen-bond donors (Lipinski definition) is 2. The molecular formula is C24H22N6O2. The Labute approximate surface area is 185 Å². The fourth-order valence-corrected chi connectivity index (χ4v) is 3.79. The Balaban J connectivity index is 1.53. The fourth-order valence-electron chi connectivity index (χ4n) is 3.79. The number of carbonyl (C=O) groups is 1. The standard InChI is InChI=1S/C24H22N6O2/c1-32-19-4-2-3-18(13-19)28-22-12-16(5-8-26-22)21-11-17-14-25-7-6-20(17)24(29-21)30-10-9-27-23(31)15-30/h2-8,11-14H,9-10,15H2,1H3,(H,26,28)(H,27,31). The summed E-state index contributed by atoms with van der Waals surface area (Å²) in [4.78, 5) is 27.7. The Morgan fingerprint density at radius 2 is 2.06 bits per heavy atom. The van der Waals surface area contributed by atoms with Crippen LogP contribution in [-0.2, 0) is 4.79 Å². The minimum atomic E-state index is -0.000606. The van der Waals surface area contributed by atoms with Crippen molar-refractivity contribution in [1.82, 2.24) is 20.3 Å². The molecular weight excluding hydrogens is 404 g/mol. The molecule has 3 aromatic heterocycles. The van der Waals surface area contributed by atoms with Gasteiger partial charge in [0.25, 0.3) is 0 Å². The molecule has 1 fully saturated rings. The average molecular weight is 426 g/mol. The first-order valence-corrected chi connectivity index (χ1v) is 10.3. The van der Waals surface area contributed by atoms with Crippen molar-refractivity contribution in [3.63, 3.8) is 0 Å². The smallest absolute Gasteiger partial charge is 0.239 e. The van der Waals surface area contributed by atoms with Gasteiger partial charge < -0.3 is 20.3 Å². The third kappa shape index (κ3) is 4.02. The van der Waals surface area contributed by atoms with Crippen molar-refractivity contribution in [2.45, 2.75) is 0 Å². The van der Waals surface area contributed by atoms with Gasteiger partial charge in [-0.3, -0.25) is 9.78 Å². The van der Waals surface area contributed by atoms with E-state index < -0.39 is 0 Å². The van der Waals surface area contributed by atoms with Crippen molar-refractivity contribution in [1.29, 1.82) is 0 Å². The number of anilines is 3. The number of rotatable bonds is 5. The van der Waals surface area contributed by atoms with E-state index in [1.165, 1.54) is 0 Å². The summed E-state index contributed by atoms with van der Waals surface area (Å²) in [6.45, 7) is 1.59. The number of aromatic nitrogens is 3. The van der Waals surface area contributed by atoms with E-state index in [4.69, 9.17) is 9.72 Å². The lowest BCUT2D eigenvalue weighted by Crippen LogP contribution is -2.48. The number of piperazine rings is 1.